The molecule has 9 heteroatoms. The minimum atomic E-state index is 0.676. The van der Waals surface area contributed by atoms with E-state index in [9.17, 15) is 0 Å². The first-order chi connectivity index (χ1) is 11.3. The van der Waals surface area contributed by atoms with Crippen molar-refractivity contribution in [1.82, 2.24) is 29.7 Å². The third kappa shape index (κ3) is 2.57. The van der Waals surface area contributed by atoms with E-state index in [4.69, 9.17) is 0 Å². The lowest BCUT2D eigenvalue weighted by Gasteiger charge is -2.27. The van der Waals surface area contributed by atoms with Crippen LogP contribution in [0.15, 0.2) is 16.3 Å². The van der Waals surface area contributed by atoms with Gasteiger partial charge in [0.15, 0.2) is 21.4 Å². The van der Waals surface area contributed by atoms with Crippen LogP contribution in [0, 0.1) is 0 Å². The molecule has 0 saturated carbocycles. The van der Waals surface area contributed by atoms with Gasteiger partial charge in [0.2, 0.25) is 5.95 Å². The highest BCUT2D eigenvalue weighted by Crippen LogP contribution is 2.36. The average molecular weight is 394 g/mol. The Balaban J connectivity index is 1.75. The van der Waals surface area contributed by atoms with Crippen molar-refractivity contribution < 1.29 is 0 Å². The molecule has 0 atom stereocenters. The van der Waals surface area contributed by atoms with E-state index in [1.54, 1.807) is 17.5 Å². The Bertz CT molecular complexity index is 807. The van der Waals surface area contributed by atoms with Crippen LogP contribution >= 0.6 is 27.3 Å². The third-order valence-corrected chi connectivity index (χ3v) is 5.03. The molecular weight excluding hydrogens is 378 g/mol. The molecule has 0 radical (unpaired) electrons. The monoisotopic (exact) mass is 393 g/mol. The topological polar surface area (TPSA) is 75.5 Å². The number of H-pyrrole nitrogens is 1. The fraction of sp³-hybridized carbons (Fsp3) is 0.429. The number of imidazole rings is 1. The van der Waals surface area contributed by atoms with Gasteiger partial charge in [0.05, 0.1) is 12.2 Å². The van der Waals surface area contributed by atoms with Crippen LogP contribution in [-0.4, -0.2) is 36.3 Å². The summed E-state index contributed by atoms with van der Waals surface area (Å²) in [6, 6.07) is 0. The predicted molar refractivity (Wildman–Crippen MR) is 93.1 cm³/mol. The van der Waals surface area contributed by atoms with E-state index in [1.807, 2.05) is 5.38 Å². The van der Waals surface area contributed by atoms with E-state index in [1.165, 1.54) is 12.8 Å². The Morgan fingerprint density at radius 2 is 2.26 bits per heavy atom. The van der Waals surface area contributed by atoms with Gasteiger partial charge in [0.1, 0.15) is 0 Å². The maximum absolute atomic E-state index is 4.58. The number of halogens is 1. The smallest absolute Gasteiger partial charge is 0.233 e. The number of thiazole rings is 1. The Morgan fingerprint density at radius 1 is 1.35 bits per heavy atom. The lowest BCUT2D eigenvalue weighted by atomic mass is 10.2. The number of nitrogens with one attached hydrogen (secondary N) is 1. The summed E-state index contributed by atoms with van der Waals surface area (Å²) >= 11 is 5.02. The normalized spacial score (nSPS) is 13.2. The summed E-state index contributed by atoms with van der Waals surface area (Å²) in [5.41, 5.74) is 1.07. The fourth-order valence-corrected chi connectivity index (χ4v) is 3.85. The van der Waals surface area contributed by atoms with Gasteiger partial charge in [0, 0.05) is 18.1 Å². The molecule has 1 aliphatic heterocycles. The Labute approximate surface area is 145 Å². The summed E-state index contributed by atoms with van der Waals surface area (Å²) in [6.07, 6.45) is 5.26. The minimum absolute atomic E-state index is 0.676. The van der Waals surface area contributed by atoms with Crippen molar-refractivity contribution in [2.24, 2.45) is 0 Å². The van der Waals surface area contributed by atoms with Gasteiger partial charge in [-0.1, -0.05) is 19.8 Å². The molecule has 0 bridgehead atoms. The summed E-state index contributed by atoms with van der Waals surface area (Å²) in [4.78, 5) is 14.4. The lowest BCUT2D eigenvalue weighted by molar-refractivity contribution is 0.668. The fourth-order valence-electron chi connectivity index (χ4n) is 2.81. The number of rotatable bonds is 5. The molecule has 1 aliphatic rings. The highest BCUT2D eigenvalue weighted by Gasteiger charge is 2.30. The molecule has 0 aromatic carbocycles. The van der Waals surface area contributed by atoms with E-state index < -0.39 is 0 Å². The number of aromatic amines is 1. The summed E-state index contributed by atoms with van der Waals surface area (Å²) in [5.74, 6) is 2.60. The van der Waals surface area contributed by atoms with Crippen LogP contribution in [0.1, 0.15) is 31.9 Å². The van der Waals surface area contributed by atoms with Gasteiger partial charge in [-0.25, -0.2) is 9.97 Å². The van der Waals surface area contributed by atoms with E-state index in [0.717, 1.165) is 46.0 Å². The van der Waals surface area contributed by atoms with Gasteiger partial charge >= 0.3 is 0 Å². The van der Waals surface area contributed by atoms with Gasteiger partial charge in [0.25, 0.3) is 0 Å². The maximum atomic E-state index is 4.58. The van der Waals surface area contributed by atoms with Gasteiger partial charge in [-0.2, -0.15) is 0 Å². The molecule has 0 unspecified atom stereocenters. The molecule has 7 nitrogen and oxygen atoms in total. The first-order valence-corrected chi connectivity index (χ1v) is 9.30. The number of anilines is 2. The van der Waals surface area contributed by atoms with Crippen LogP contribution in [-0.2, 0) is 6.54 Å². The second-order valence-corrected chi connectivity index (χ2v) is 7.08. The first kappa shape index (κ1) is 14.8. The molecule has 120 valence electrons. The van der Waals surface area contributed by atoms with Crippen molar-refractivity contribution >= 4 is 39.0 Å². The molecule has 0 fully saturated rings. The van der Waals surface area contributed by atoms with Crippen molar-refractivity contribution in [2.75, 3.05) is 11.4 Å². The summed E-state index contributed by atoms with van der Waals surface area (Å²) in [7, 11) is 0. The highest BCUT2D eigenvalue weighted by atomic mass is 79.9. The second-order valence-electron chi connectivity index (χ2n) is 5.44. The number of fused-ring (bicyclic) bond motifs is 2. The molecule has 0 amide bonds. The number of unbranched alkanes of at least 4 members (excludes halogenated alkanes) is 2. The Morgan fingerprint density at radius 3 is 3.04 bits per heavy atom. The molecule has 3 aromatic heterocycles. The predicted octanol–water partition coefficient (Wildman–Crippen LogP) is 3.58. The van der Waals surface area contributed by atoms with Crippen LogP contribution in [0.5, 0.6) is 0 Å². The second kappa shape index (κ2) is 6.04. The zero-order valence-electron chi connectivity index (χ0n) is 12.7. The van der Waals surface area contributed by atoms with E-state index in [2.05, 4.69) is 57.5 Å². The van der Waals surface area contributed by atoms with Gasteiger partial charge in [-0.05, 0) is 22.4 Å². The third-order valence-electron chi connectivity index (χ3n) is 3.88. The van der Waals surface area contributed by atoms with Gasteiger partial charge in [-0.15, -0.1) is 21.5 Å². The summed E-state index contributed by atoms with van der Waals surface area (Å²) in [6.45, 7) is 3.76. The van der Waals surface area contributed by atoms with Crippen molar-refractivity contribution in [3.63, 3.8) is 0 Å². The molecule has 3 aromatic rings. The first-order valence-electron chi connectivity index (χ1n) is 7.63. The van der Waals surface area contributed by atoms with E-state index in [0.29, 0.717) is 6.54 Å². The molecule has 23 heavy (non-hydrogen) atoms. The number of hydrogen-bond acceptors (Lipinski definition) is 6. The zero-order chi connectivity index (χ0) is 15.8. The molecule has 4 heterocycles. The molecule has 0 spiro atoms. The largest absolute Gasteiger partial charge is 0.333 e. The van der Waals surface area contributed by atoms with Crippen LogP contribution < -0.4 is 4.90 Å². The summed E-state index contributed by atoms with van der Waals surface area (Å²) in [5, 5.41) is 11.6. The lowest BCUT2D eigenvalue weighted by Crippen LogP contribution is -2.28. The van der Waals surface area contributed by atoms with Crippen molar-refractivity contribution in [3.05, 3.63) is 22.0 Å². The van der Waals surface area contributed by atoms with Crippen molar-refractivity contribution in [2.45, 2.75) is 32.7 Å². The van der Waals surface area contributed by atoms with Gasteiger partial charge < -0.3 is 4.98 Å². The molecular formula is C14H16BrN7S. The Hall–Kier alpha value is -1.74. The number of nitrogens with zero attached hydrogens (tertiary/aromatic N) is 6. The summed E-state index contributed by atoms with van der Waals surface area (Å²) < 4.78 is 2.86. The molecule has 4 rings (SSSR count). The zero-order valence-corrected chi connectivity index (χ0v) is 15.1. The molecule has 0 aliphatic carbocycles. The van der Waals surface area contributed by atoms with Crippen molar-refractivity contribution in [1.29, 1.82) is 0 Å². The highest BCUT2D eigenvalue weighted by molar-refractivity contribution is 9.10. The van der Waals surface area contributed by atoms with Crippen LogP contribution in [0.25, 0.3) is 10.8 Å². The standard InChI is InChI=1S/C14H16BrN7S/c1-2-3-4-6-21-10-9(17-13(15)18-10)8-22-11(19-20-14(21)22)12-16-5-7-23-12/h5,7H,2-4,6,8H2,1H3,(H,17,18). The average Bonchev–Trinajstić information content (AvgIpc) is 3.24. The quantitative estimate of drug-likeness (QED) is 0.670. The van der Waals surface area contributed by atoms with E-state index in [-0.39, 0.29) is 0 Å². The molecule has 0 saturated heterocycles. The van der Waals surface area contributed by atoms with Crippen LogP contribution in [0.3, 0.4) is 0 Å². The maximum Gasteiger partial charge on any atom is 0.233 e. The Kier molecular flexibility index (Phi) is 3.90. The van der Waals surface area contributed by atoms with E-state index >= 15 is 0 Å². The SMILES string of the molecule is CCCCCN1c2nc(Br)[nH]c2Cn2c(-c3nccs3)nnc21. The minimum Gasteiger partial charge on any atom is -0.333 e. The number of aromatic nitrogens is 6. The molecule has 1 N–H and O–H groups in total. The van der Waals surface area contributed by atoms with Crippen LogP contribution in [0.2, 0.25) is 0 Å². The number of hydrogen-bond donors (Lipinski definition) is 1. The van der Waals surface area contributed by atoms with Crippen LogP contribution in [0.4, 0.5) is 11.8 Å². The van der Waals surface area contributed by atoms with Gasteiger partial charge in [-0.3, -0.25) is 9.47 Å². The van der Waals surface area contributed by atoms with Crippen molar-refractivity contribution in [3.8, 4) is 10.8 Å².